The number of hydrogen-bond acceptors (Lipinski definition) is 3. The van der Waals surface area contributed by atoms with Gasteiger partial charge in [-0.3, -0.25) is 9.48 Å². The summed E-state index contributed by atoms with van der Waals surface area (Å²) in [6.07, 6.45) is 1.53. The number of halogens is 3. The van der Waals surface area contributed by atoms with Gasteiger partial charge in [-0.25, -0.2) is 0 Å². The Morgan fingerprint density at radius 1 is 1.32 bits per heavy atom. The molecule has 3 N–H and O–H groups in total. The highest BCUT2D eigenvalue weighted by molar-refractivity contribution is 6.42. The van der Waals surface area contributed by atoms with Crippen LogP contribution >= 0.6 is 34.8 Å². The summed E-state index contributed by atoms with van der Waals surface area (Å²) in [5, 5.41) is 7.36. The van der Waals surface area contributed by atoms with Crippen molar-refractivity contribution in [1.29, 1.82) is 0 Å². The van der Waals surface area contributed by atoms with Crippen molar-refractivity contribution in [2.75, 3.05) is 11.1 Å². The Hall–Kier alpha value is -1.43. The molecule has 19 heavy (non-hydrogen) atoms. The molecule has 1 heterocycles. The standard InChI is InChI=1S/C11H9Cl3N4O/c1-18-4-8(15)10(17-18)11(19)16-9-6(13)2-5(12)3-7(9)14/h2-4H,15H2,1H3,(H,16,19). The molecule has 100 valence electrons. The fourth-order valence-corrected chi connectivity index (χ4v) is 2.43. The Labute approximate surface area is 124 Å². The lowest BCUT2D eigenvalue weighted by Crippen LogP contribution is -2.15. The third-order valence-electron chi connectivity index (χ3n) is 2.32. The zero-order valence-corrected chi connectivity index (χ0v) is 12.0. The SMILES string of the molecule is Cn1cc(N)c(C(=O)Nc2c(Cl)cc(Cl)cc2Cl)n1. The Morgan fingerprint density at radius 3 is 2.37 bits per heavy atom. The topological polar surface area (TPSA) is 72.9 Å². The van der Waals surface area contributed by atoms with Crippen LogP contribution in [0.5, 0.6) is 0 Å². The lowest BCUT2D eigenvalue weighted by atomic mass is 10.3. The third kappa shape index (κ3) is 2.94. The van der Waals surface area contributed by atoms with Gasteiger partial charge >= 0.3 is 0 Å². The van der Waals surface area contributed by atoms with Crippen LogP contribution in [0.1, 0.15) is 10.5 Å². The molecule has 1 aromatic carbocycles. The van der Waals surface area contributed by atoms with E-state index in [0.29, 0.717) is 5.02 Å². The van der Waals surface area contributed by atoms with Gasteiger partial charge in [0, 0.05) is 18.3 Å². The van der Waals surface area contributed by atoms with E-state index < -0.39 is 5.91 Å². The van der Waals surface area contributed by atoms with E-state index in [1.165, 1.54) is 23.0 Å². The Morgan fingerprint density at radius 2 is 1.89 bits per heavy atom. The van der Waals surface area contributed by atoms with Crippen LogP contribution in [-0.2, 0) is 7.05 Å². The Balaban J connectivity index is 2.32. The maximum Gasteiger partial charge on any atom is 0.278 e. The van der Waals surface area contributed by atoms with Gasteiger partial charge in [-0.05, 0) is 12.1 Å². The van der Waals surface area contributed by atoms with E-state index in [1.54, 1.807) is 7.05 Å². The molecule has 8 heteroatoms. The fourth-order valence-electron chi connectivity index (χ4n) is 1.52. The van der Waals surface area contributed by atoms with Crippen LogP contribution < -0.4 is 11.1 Å². The molecule has 0 radical (unpaired) electrons. The lowest BCUT2D eigenvalue weighted by Gasteiger charge is -2.08. The minimum atomic E-state index is -0.496. The molecule has 0 fully saturated rings. The lowest BCUT2D eigenvalue weighted by molar-refractivity contribution is 0.102. The Kier molecular flexibility index (Phi) is 3.89. The van der Waals surface area contributed by atoms with Crippen LogP contribution in [0.3, 0.4) is 0 Å². The van der Waals surface area contributed by atoms with Crippen LogP contribution in [0, 0.1) is 0 Å². The quantitative estimate of drug-likeness (QED) is 0.892. The number of aromatic nitrogens is 2. The molecule has 1 aromatic heterocycles. The number of amides is 1. The van der Waals surface area contributed by atoms with E-state index in [4.69, 9.17) is 40.5 Å². The molecule has 2 aromatic rings. The maximum absolute atomic E-state index is 12.0. The number of carbonyl (C=O) groups excluding carboxylic acids is 1. The smallest absolute Gasteiger partial charge is 0.278 e. The highest BCUT2D eigenvalue weighted by Crippen LogP contribution is 2.34. The van der Waals surface area contributed by atoms with Crippen LogP contribution in [-0.4, -0.2) is 15.7 Å². The summed E-state index contributed by atoms with van der Waals surface area (Å²) in [6, 6.07) is 2.96. The van der Waals surface area contributed by atoms with Crippen molar-refractivity contribution in [3.8, 4) is 0 Å². The second kappa shape index (κ2) is 5.28. The molecule has 0 unspecified atom stereocenters. The first-order chi connectivity index (χ1) is 8.88. The second-order valence-electron chi connectivity index (χ2n) is 3.81. The molecule has 0 aliphatic carbocycles. The maximum atomic E-state index is 12.0. The molecule has 0 aliphatic rings. The molecule has 0 atom stereocenters. The summed E-state index contributed by atoms with van der Waals surface area (Å²) in [5.74, 6) is -0.496. The van der Waals surface area contributed by atoms with Gasteiger partial charge in [0.05, 0.1) is 21.4 Å². The minimum absolute atomic E-state index is 0.101. The number of nitrogens with two attached hydrogens (primary N) is 1. The number of aryl methyl sites for hydroxylation is 1. The van der Waals surface area contributed by atoms with E-state index >= 15 is 0 Å². The highest BCUT2D eigenvalue weighted by atomic mass is 35.5. The van der Waals surface area contributed by atoms with Gasteiger partial charge in [0.25, 0.3) is 5.91 Å². The molecule has 0 aliphatic heterocycles. The summed E-state index contributed by atoms with van der Waals surface area (Å²) >= 11 is 17.7. The van der Waals surface area contributed by atoms with E-state index in [2.05, 4.69) is 10.4 Å². The van der Waals surface area contributed by atoms with Crippen molar-refractivity contribution < 1.29 is 4.79 Å². The van der Waals surface area contributed by atoms with E-state index in [0.717, 1.165) is 0 Å². The van der Waals surface area contributed by atoms with Crippen LogP contribution in [0.25, 0.3) is 0 Å². The summed E-state index contributed by atoms with van der Waals surface area (Å²) < 4.78 is 1.44. The number of nitrogens with zero attached hydrogens (tertiary/aromatic N) is 2. The minimum Gasteiger partial charge on any atom is -0.396 e. The Bertz CT molecular complexity index is 630. The van der Waals surface area contributed by atoms with E-state index in [9.17, 15) is 4.79 Å². The monoisotopic (exact) mass is 318 g/mol. The van der Waals surface area contributed by atoms with Gasteiger partial charge < -0.3 is 11.1 Å². The van der Waals surface area contributed by atoms with Crippen molar-refractivity contribution in [2.45, 2.75) is 0 Å². The van der Waals surface area contributed by atoms with Crippen molar-refractivity contribution in [3.05, 3.63) is 39.1 Å². The number of nitrogens with one attached hydrogen (secondary N) is 1. The molecular formula is C11H9Cl3N4O. The predicted octanol–water partition coefficient (Wildman–Crippen LogP) is 3.21. The van der Waals surface area contributed by atoms with Gasteiger partial charge in [-0.1, -0.05) is 34.8 Å². The fraction of sp³-hybridized carbons (Fsp3) is 0.0909. The van der Waals surface area contributed by atoms with Gasteiger partial charge in [0.1, 0.15) is 0 Å². The largest absolute Gasteiger partial charge is 0.396 e. The first-order valence-electron chi connectivity index (χ1n) is 5.13. The molecule has 0 saturated carbocycles. The van der Waals surface area contributed by atoms with Crippen LogP contribution in [0.2, 0.25) is 15.1 Å². The van der Waals surface area contributed by atoms with Crippen molar-refractivity contribution in [1.82, 2.24) is 9.78 Å². The van der Waals surface area contributed by atoms with Crippen molar-refractivity contribution >= 4 is 52.1 Å². The number of anilines is 2. The number of hydrogen-bond donors (Lipinski definition) is 2. The zero-order valence-electron chi connectivity index (χ0n) is 9.75. The first kappa shape index (κ1) is 14.0. The van der Waals surface area contributed by atoms with Crippen LogP contribution in [0.15, 0.2) is 18.3 Å². The van der Waals surface area contributed by atoms with Crippen molar-refractivity contribution in [3.63, 3.8) is 0 Å². The second-order valence-corrected chi connectivity index (χ2v) is 5.06. The molecule has 0 saturated heterocycles. The third-order valence-corrected chi connectivity index (χ3v) is 3.13. The van der Waals surface area contributed by atoms with Gasteiger partial charge in [0.15, 0.2) is 5.69 Å². The molecule has 5 nitrogen and oxygen atoms in total. The average Bonchev–Trinajstić information content (AvgIpc) is 2.62. The summed E-state index contributed by atoms with van der Waals surface area (Å²) in [4.78, 5) is 12.0. The number of benzene rings is 1. The highest BCUT2D eigenvalue weighted by Gasteiger charge is 2.17. The van der Waals surface area contributed by atoms with Crippen LogP contribution in [0.4, 0.5) is 11.4 Å². The van der Waals surface area contributed by atoms with E-state index in [1.807, 2.05) is 0 Å². The van der Waals surface area contributed by atoms with E-state index in [-0.39, 0.29) is 27.1 Å². The average molecular weight is 320 g/mol. The predicted molar refractivity (Wildman–Crippen MR) is 77.0 cm³/mol. The van der Waals surface area contributed by atoms with Gasteiger partial charge in [0.2, 0.25) is 0 Å². The summed E-state index contributed by atoms with van der Waals surface area (Å²) in [6.45, 7) is 0. The van der Waals surface area contributed by atoms with Gasteiger partial charge in [-0.2, -0.15) is 5.10 Å². The van der Waals surface area contributed by atoms with Gasteiger partial charge in [-0.15, -0.1) is 0 Å². The molecule has 0 spiro atoms. The molecular weight excluding hydrogens is 311 g/mol. The molecule has 0 bridgehead atoms. The van der Waals surface area contributed by atoms with Crippen molar-refractivity contribution in [2.24, 2.45) is 7.05 Å². The normalized spacial score (nSPS) is 10.5. The molecule has 2 rings (SSSR count). The number of carbonyl (C=O) groups is 1. The zero-order chi connectivity index (χ0) is 14.2. The summed E-state index contributed by atoms with van der Waals surface area (Å²) in [7, 11) is 1.66. The number of rotatable bonds is 2. The first-order valence-corrected chi connectivity index (χ1v) is 6.27. The molecule has 1 amide bonds. The number of nitrogen functional groups attached to an aromatic ring is 1. The summed E-state index contributed by atoms with van der Waals surface area (Å²) in [5.41, 5.74) is 6.30.